The number of rotatable bonds is 5. The number of anilines is 1. The maximum atomic E-state index is 12.3. The van der Waals surface area contributed by atoms with Gasteiger partial charge in [-0.15, -0.1) is 11.3 Å². The van der Waals surface area contributed by atoms with Crippen molar-refractivity contribution in [2.75, 3.05) is 5.32 Å². The van der Waals surface area contributed by atoms with Crippen molar-refractivity contribution in [2.45, 2.75) is 13.0 Å². The van der Waals surface area contributed by atoms with Gasteiger partial charge in [-0.1, -0.05) is 29.8 Å². The van der Waals surface area contributed by atoms with Crippen LogP contribution in [-0.2, 0) is 9.53 Å². The van der Waals surface area contributed by atoms with Gasteiger partial charge in [0.05, 0.1) is 11.6 Å². The Hall–Kier alpha value is -3.21. The molecule has 0 aliphatic carbocycles. The maximum Gasteiger partial charge on any atom is 0.358 e. The van der Waals surface area contributed by atoms with Crippen LogP contribution in [0, 0.1) is 11.3 Å². The first-order valence-electron chi connectivity index (χ1n) is 8.20. The quantitative estimate of drug-likeness (QED) is 0.623. The van der Waals surface area contributed by atoms with Crippen molar-refractivity contribution in [1.82, 2.24) is 4.98 Å². The number of nitrogens with zero attached hydrogens (tertiary/aromatic N) is 2. The fourth-order valence-electron chi connectivity index (χ4n) is 2.31. The molecule has 0 aliphatic rings. The summed E-state index contributed by atoms with van der Waals surface area (Å²) in [4.78, 5) is 28.8. The van der Waals surface area contributed by atoms with E-state index in [0.717, 1.165) is 5.56 Å². The Balaban J connectivity index is 1.64. The highest BCUT2D eigenvalue weighted by Gasteiger charge is 2.21. The van der Waals surface area contributed by atoms with Crippen LogP contribution in [0.5, 0.6) is 0 Å². The number of benzene rings is 2. The lowest BCUT2D eigenvalue weighted by Gasteiger charge is -2.12. The molecule has 140 valence electrons. The van der Waals surface area contributed by atoms with Crippen molar-refractivity contribution in [2.24, 2.45) is 0 Å². The van der Waals surface area contributed by atoms with Crippen molar-refractivity contribution in [3.05, 3.63) is 70.2 Å². The van der Waals surface area contributed by atoms with E-state index in [1.807, 2.05) is 12.1 Å². The molecule has 3 rings (SSSR count). The minimum Gasteiger partial charge on any atom is -0.448 e. The second kappa shape index (κ2) is 8.65. The molecule has 28 heavy (non-hydrogen) atoms. The number of aromatic nitrogens is 1. The summed E-state index contributed by atoms with van der Waals surface area (Å²) in [6, 6.07) is 15.6. The molecule has 2 aromatic carbocycles. The van der Waals surface area contributed by atoms with Crippen LogP contribution < -0.4 is 5.32 Å². The molecule has 0 saturated carbocycles. The number of hydrogen-bond donors (Lipinski definition) is 1. The zero-order chi connectivity index (χ0) is 20.1. The van der Waals surface area contributed by atoms with E-state index < -0.39 is 18.0 Å². The lowest BCUT2D eigenvalue weighted by Crippen LogP contribution is -2.30. The lowest BCUT2D eigenvalue weighted by atomic mass is 10.2. The molecule has 1 amide bonds. The number of esters is 1. The maximum absolute atomic E-state index is 12.3. The van der Waals surface area contributed by atoms with Crippen LogP contribution in [0.1, 0.15) is 23.0 Å². The third-order valence-corrected chi connectivity index (χ3v) is 4.82. The minimum absolute atomic E-state index is 0.117. The van der Waals surface area contributed by atoms with Crippen LogP contribution in [0.2, 0.25) is 5.02 Å². The van der Waals surface area contributed by atoms with E-state index in [4.69, 9.17) is 21.6 Å². The van der Waals surface area contributed by atoms with Gasteiger partial charge in [0.15, 0.2) is 11.8 Å². The summed E-state index contributed by atoms with van der Waals surface area (Å²) in [5.74, 6) is -1.20. The molecule has 1 atom stereocenters. The molecule has 1 heterocycles. The molecule has 1 N–H and O–H groups in total. The highest BCUT2D eigenvalue weighted by Crippen LogP contribution is 2.26. The first kappa shape index (κ1) is 19.5. The zero-order valence-electron chi connectivity index (χ0n) is 14.7. The van der Waals surface area contributed by atoms with E-state index in [9.17, 15) is 9.59 Å². The summed E-state index contributed by atoms with van der Waals surface area (Å²) < 4.78 is 5.20. The van der Waals surface area contributed by atoms with Gasteiger partial charge in [0.1, 0.15) is 5.01 Å². The molecule has 0 saturated heterocycles. The van der Waals surface area contributed by atoms with E-state index in [1.54, 1.807) is 41.8 Å². The second-order valence-electron chi connectivity index (χ2n) is 5.78. The monoisotopic (exact) mass is 411 g/mol. The Labute approximate surface area is 170 Å². The lowest BCUT2D eigenvalue weighted by molar-refractivity contribution is -0.123. The number of nitriles is 1. The van der Waals surface area contributed by atoms with Gasteiger partial charge in [-0.05, 0) is 37.3 Å². The van der Waals surface area contributed by atoms with Gasteiger partial charge in [0, 0.05) is 21.7 Å². The average Bonchev–Trinajstić information content (AvgIpc) is 3.18. The van der Waals surface area contributed by atoms with Crippen LogP contribution in [0.25, 0.3) is 10.6 Å². The number of nitrogens with one attached hydrogen (secondary N) is 1. The molecule has 0 radical (unpaired) electrons. The zero-order valence-corrected chi connectivity index (χ0v) is 16.3. The minimum atomic E-state index is -1.03. The third kappa shape index (κ3) is 4.74. The Morgan fingerprint density at radius 2 is 2.04 bits per heavy atom. The molecule has 0 fully saturated rings. The Kier molecular flexibility index (Phi) is 6.04. The Morgan fingerprint density at radius 1 is 1.25 bits per heavy atom. The number of ether oxygens (including phenoxy) is 1. The Bertz CT molecular complexity index is 1070. The van der Waals surface area contributed by atoms with Gasteiger partial charge in [-0.3, -0.25) is 4.79 Å². The largest absolute Gasteiger partial charge is 0.448 e. The predicted molar refractivity (Wildman–Crippen MR) is 107 cm³/mol. The summed E-state index contributed by atoms with van der Waals surface area (Å²) in [6.45, 7) is 1.46. The number of halogens is 1. The van der Waals surface area contributed by atoms with E-state index in [2.05, 4.69) is 10.3 Å². The normalized spacial score (nSPS) is 11.3. The van der Waals surface area contributed by atoms with Crippen LogP contribution in [0.4, 0.5) is 5.69 Å². The number of amides is 1. The molecule has 0 aliphatic heterocycles. The van der Waals surface area contributed by atoms with Crippen molar-refractivity contribution >= 4 is 40.5 Å². The van der Waals surface area contributed by atoms with Crippen molar-refractivity contribution < 1.29 is 14.3 Å². The van der Waals surface area contributed by atoms with Crippen molar-refractivity contribution in [3.8, 4) is 16.6 Å². The molecule has 3 aromatic rings. The van der Waals surface area contributed by atoms with Gasteiger partial charge in [0.25, 0.3) is 5.91 Å². The second-order valence-corrected chi connectivity index (χ2v) is 7.07. The number of carbonyl (C=O) groups is 2. The standard InChI is InChI=1S/C20H14ClN3O3S/c1-12(18(25)23-16-7-2-4-13(8-16)10-22)27-20(26)17-11-28-19(24-17)14-5-3-6-15(21)9-14/h2-9,11-12H,1H3,(H,23,25)/t12-/m1/s1. The van der Waals surface area contributed by atoms with Crippen molar-refractivity contribution in [3.63, 3.8) is 0 Å². The third-order valence-electron chi connectivity index (χ3n) is 3.70. The molecule has 0 bridgehead atoms. The van der Waals surface area contributed by atoms with Crippen LogP contribution in [-0.4, -0.2) is 23.0 Å². The first-order chi connectivity index (χ1) is 13.5. The summed E-state index contributed by atoms with van der Waals surface area (Å²) >= 11 is 7.26. The van der Waals surface area contributed by atoms with Gasteiger partial charge in [0.2, 0.25) is 0 Å². The Morgan fingerprint density at radius 3 is 2.79 bits per heavy atom. The topological polar surface area (TPSA) is 92.1 Å². The molecule has 0 spiro atoms. The van der Waals surface area contributed by atoms with Crippen LogP contribution in [0.15, 0.2) is 53.9 Å². The van der Waals surface area contributed by atoms with Crippen LogP contribution in [0.3, 0.4) is 0 Å². The fraction of sp³-hybridized carbons (Fsp3) is 0.100. The summed E-state index contributed by atoms with van der Waals surface area (Å²) in [5.41, 5.74) is 1.77. The smallest absolute Gasteiger partial charge is 0.358 e. The molecule has 6 nitrogen and oxygen atoms in total. The average molecular weight is 412 g/mol. The summed E-state index contributed by atoms with van der Waals surface area (Å²) in [5, 5.41) is 14.3. The SMILES string of the molecule is C[C@@H](OC(=O)c1csc(-c2cccc(Cl)c2)n1)C(=O)Nc1cccc(C#N)c1. The van der Waals surface area contributed by atoms with Gasteiger partial charge >= 0.3 is 5.97 Å². The van der Waals surface area contributed by atoms with Crippen LogP contribution >= 0.6 is 22.9 Å². The summed E-state index contributed by atoms with van der Waals surface area (Å²) in [6.07, 6.45) is -1.03. The molecule has 1 aromatic heterocycles. The van der Waals surface area contributed by atoms with E-state index >= 15 is 0 Å². The van der Waals surface area contributed by atoms with E-state index in [1.165, 1.54) is 24.3 Å². The highest BCUT2D eigenvalue weighted by atomic mass is 35.5. The molecular weight excluding hydrogens is 398 g/mol. The van der Waals surface area contributed by atoms with Gasteiger partial charge in [-0.25, -0.2) is 9.78 Å². The highest BCUT2D eigenvalue weighted by molar-refractivity contribution is 7.13. The number of carbonyl (C=O) groups excluding carboxylic acids is 2. The van der Waals surface area contributed by atoms with Gasteiger partial charge < -0.3 is 10.1 Å². The van der Waals surface area contributed by atoms with E-state index in [-0.39, 0.29) is 5.69 Å². The first-order valence-corrected chi connectivity index (χ1v) is 9.45. The molecule has 8 heteroatoms. The number of hydrogen-bond acceptors (Lipinski definition) is 6. The summed E-state index contributed by atoms with van der Waals surface area (Å²) in [7, 11) is 0. The number of thiazole rings is 1. The molecular formula is C20H14ClN3O3S. The predicted octanol–water partition coefficient (Wildman–Crippen LogP) is 4.52. The fourth-order valence-corrected chi connectivity index (χ4v) is 3.28. The van der Waals surface area contributed by atoms with E-state index in [0.29, 0.717) is 21.3 Å². The van der Waals surface area contributed by atoms with Gasteiger partial charge in [-0.2, -0.15) is 5.26 Å². The van der Waals surface area contributed by atoms with Crippen molar-refractivity contribution in [1.29, 1.82) is 5.26 Å². The molecule has 0 unspecified atom stereocenters.